The average Bonchev–Trinajstić information content (AvgIpc) is 2.93. The number of hydrogen-bond donors (Lipinski definition) is 0. The first-order valence-corrected chi connectivity index (χ1v) is 10.5. The highest BCUT2D eigenvalue weighted by molar-refractivity contribution is 6.74. The Morgan fingerprint density at radius 2 is 1.73 bits per heavy atom. The van der Waals surface area contributed by atoms with E-state index in [1.54, 1.807) is 0 Å². The molecule has 0 saturated carbocycles. The molecule has 1 aromatic heterocycles. The summed E-state index contributed by atoms with van der Waals surface area (Å²) in [7, 11) is -2.00. The van der Waals surface area contributed by atoms with Gasteiger partial charge in [0.15, 0.2) is 14.4 Å². The fraction of sp³-hybridized carbons (Fsp3) is 0.389. The molecule has 0 aliphatic heterocycles. The summed E-state index contributed by atoms with van der Waals surface area (Å²) in [5.41, 5.74) is 1.93. The monoisotopic (exact) mass is 312 g/mol. The van der Waals surface area contributed by atoms with Crippen molar-refractivity contribution < 1.29 is 4.43 Å². The van der Waals surface area contributed by atoms with E-state index >= 15 is 0 Å². The first kappa shape index (κ1) is 16.5. The summed E-state index contributed by atoms with van der Waals surface area (Å²) >= 11 is 0. The van der Waals surface area contributed by atoms with Gasteiger partial charge in [-0.3, -0.25) is 0 Å². The Bertz CT molecular complexity index is 662. The zero-order valence-electron chi connectivity index (χ0n) is 14.0. The van der Waals surface area contributed by atoms with Gasteiger partial charge >= 0.3 is 0 Å². The molecule has 0 fully saturated rings. The fourth-order valence-electron chi connectivity index (χ4n) is 2.06. The third kappa shape index (κ3) is 3.32. The SMILES string of the molecule is CC(C)(C)[Si](C)(C)OC(C#N)c1cccn1-c1ccccc1. The third-order valence-corrected chi connectivity index (χ3v) is 8.86. The zero-order valence-corrected chi connectivity index (χ0v) is 15.0. The summed E-state index contributed by atoms with van der Waals surface area (Å²) in [6, 6.07) is 16.3. The Kier molecular flexibility index (Phi) is 4.60. The smallest absolute Gasteiger partial charge is 0.194 e. The number of aromatic nitrogens is 1. The Balaban J connectivity index is 2.35. The molecule has 0 amide bonds. The van der Waals surface area contributed by atoms with E-state index in [2.05, 4.69) is 39.9 Å². The van der Waals surface area contributed by atoms with Crippen LogP contribution >= 0.6 is 0 Å². The molecule has 1 heterocycles. The summed E-state index contributed by atoms with van der Waals surface area (Å²) in [4.78, 5) is 0. The molecule has 1 unspecified atom stereocenters. The third-order valence-electron chi connectivity index (χ3n) is 4.42. The van der Waals surface area contributed by atoms with Crippen LogP contribution in [0.1, 0.15) is 32.6 Å². The van der Waals surface area contributed by atoms with Crippen LogP contribution in [0.15, 0.2) is 48.7 Å². The molecule has 0 aliphatic carbocycles. The summed E-state index contributed by atoms with van der Waals surface area (Å²) in [6.07, 6.45) is 1.43. The van der Waals surface area contributed by atoms with E-state index in [9.17, 15) is 5.26 Å². The molecule has 1 aromatic carbocycles. The van der Waals surface area contributed by atoms with Gasteiger partial charge in [-0.05, 0) is 42.4 Å². The zero-order chi connectivity index (χ0) is 16.4. The normalized spacial score (nSPS) is 13.6. The lowest BCUT2D eigenvalue weighted by molar-refractivity contribution is 0.230. The predicted octanol–water partition coefficient (Wildman–Crippen LogP) is 5.06. The molecule has 22 heavy (non-hydrogen) atoms. The summed E-state index contributed by atoms with van der Waals surface area (Å²) in [5, 5.41) is 9.71. The van der Waals surface area contributed by atoms with Gasteiger partial charge in [0.2, 0.25) is 0 Å². The molecule has 2 aromatic rings. The summed E-state index contributed by atoms with van der Waals surface area (Å²) in [5.74, 6) is 0. The number of para-hydroxylation sites is 1. The van der Waals surface area contributed by atoms with Crippen molar-refractivity contribution in [2.45, 2.75) is 45.0 Å². The average molecular weight is 312 g/mol. The van der Waals surface area contributed by atoms with Crippen LogP contribution in [0.25, 0.3) is 5.69 Å². The van der Waals surface area contributed by atoms with Crippen LogP contribution in [0.5, 0.6) is 0 Å². The largest absolute Gasteiger partial charge is 0.397 e. The molecule has 2 rings (SSSR count). The minimum absolute atomic E-state index is 0.0757. The Morgan fingerprint density at radius 3 is 2.27 bits per heavy atom. The number of hydrogen-bond acceptors (Lipinski definition) is 2. The summed E-state index contributed by atoms with van der Waals surface area (Å²) in [6.45, 7) is 10.9. The highest BCUT2D eigenvalue weighted by Gasteiger charge is 2.40. The van der Waals surface area contributed by atoms with Crippen LogP contribution in [0, 0.1) is 11.3 Å². The van der Waals surface area contributed by atoms with Crippen molar-refractivity contribution in [1.82, 2.24) is 4.57 Å². The van der Waals surface area contributed by atoms with Gasteiger partial charge in [-0.2, -0.15) is 5.26 Å². The Labute approximate surface area is 134 Å². The lowest BCUT2D eigenvalue weighted by atomic mass is 10.2. The minimum Gasteiger partial charge on any atom is -0.397 e. The molecule has 0 aliphatic rings. The van der Waals surface area contributed by atoms with E-state index < -0.39 is 14.4 Å². The first-order chi connectivity index (χ1) is 10.3. The van der Waals surface area contributed by atoms with Crippen molar-refractivity contribution >= 4 is 8.32 Å². The van der Waals surface area contributed by atoms with Gasteiger partial charge in [-0.1, -0.05) is 39.0 Å². The topological polar surface area (TPSA) is 37.9 Å². The van der Waals surface area contributed by atoms with Crippen LogP contribution < -0.4 is 0 Å². The number of rotatable bonds is 4. The van der Waals surface area contributed by atoms with E-state index in [1.807, 2.05) is 53.2 Å². The van der Waals surface area contributed by atoms with Crippen LogP contribution in [-0.4, -0.2) is 12.9 Å². The van der Waals surface area contributed by atoms with Crippen molar-refractivity contribution in [2.75, 3.05) is 0 Å². The molecule has 116 valence electrons. The summed E-state index contributed by atoms with van der Waals surface area (Å²) < 4.78 is 8.34. The highest BCUT2D eigenvalue weighted by Crippen LogP contribution is 2.39. The van der Waals surface area contributed by atoms with Gasteiger partial charge in [-0.15, -0.1) is 0 Å². The molecule has 0 saturated heterocycles. The predicted molar refractivity (Wildman–Crippen MR) is 92.4 cm³/mol. The maximum absolute atomic E-state index is 9.63. The van der Waals surface area contributed by atoms with E-state index in [0.717, 1.165) is 11.4 Å². The Morgan fingerprint density at radius 1 is 1.09 bits per heavy atom. The van der Waals surface area contributed by atoms with Crippen LogP contribution in [0.4, 0.5) is 0 Å². The number of nitrogens with zero attached hydrogens (tertiary/aromatic N) is 2. The molecule has 0 radical (unpaired) electrons. The number of benzene rings is 1. The van der Waals surface area contributed by atoms with Crippen LogP contribution in [0.2, 0.25) is 18.1 Å². The second-order valence-corrected chi connectivity index (χ2v) is 11.8. The fourth-order valence-corrected chi connectivity index (χ4v) is 3.17. The highest BCUT2D eigenvalue weighted by atomic mass is 28.4. The van der Waals surface area contributed by atoms with E-state index in [4.69, 9.17) is 4.43 Å². The standard InChI is InChI=1S/C18H24N2OSi/c1-18(2,3)22(4,5)21-17(14-19)16-12-9-13-20(16)15-10-7-6-8-11-15/h6-13,17H,1-5H3. The molecular formula is C18H24N2OSi. The molecule has 1 atom stereocenters. The maximum Gasteiger partial charge on any atom is 0.194 e. The van der Waals surface area contributed by atoms with Gasteiger partial charge in [0, 0.05) is 11.9 Å². The number of nitriles is 1. The van der Waals surface area contributed by atoms with Gasteiger partial charge in [0.05, 0.1) is 11.8 Å². The van der Waals surface area contributed by atoms with Gasteiger partial charge in [0.1, 0.15) is 0 Å². The van der Waals surface area contributed by atoms with Crippen molar-refractivity contribution in [2.24, 2.45) is 0 Å². The molecule has 4 heteroatoms. The van der Waals surface area contributed by atoms with Crippen molar-refractivity contribution in [3.63, 3.8) is 0 Å². The van der Waals surface area contributed by atoms with Crippen molar-refractivity contribution in [3.05, 3.63) is 54.4 Å². The lowest BCUT2D eigenvalue weighted by Crippen LogP contribution is -2.41. The molecule has 0 N–H and O–H groups in total. The maximum atomic E-state index is 9.63. The second-order valence-electron chi connectivity index (χ2n) is 7.03. The lowest BCUT2D eigenvalue weighted by Gasteiger charge is -2.37. The molecular weight excluding hydrogens is 288 g/mol. The van der Waals surface area contributed by atoms with Crippen LogP contribution in [-0.2, 0) is 4.43 Å². The van der Waals surface area contributed by atoms with E-state index in [-0.39, 0.29) is 5.04 Å². The van der Waals surface area contributed by atoms with Gasteiger partial charge in [-0.25, -0.2) is 0 Å². The Hall–Kier alpha value is -1.83. The molecule has 0 spiro atoms. The first-order valence-electron chi connectivity index (χ1n) is 7.56. The minimum atomic E-state index is -2.00. The van der Waals surface area contributed by atoms with Gasteiger partial charge in [0.25, 0.3) is 0 Å². The van der Waals surface area contributed by atoms with Gasteiger partial charge < -0.3 is 8.99 Å². The second kappa shape index (κ2) is 6.11. The molecule has 3 nitrogen and oxygen atoms in total. The van der Waals surface area contributed by atoms with Crippen molar-refractivity contribution in [3.8, 4) is 11.8 Å². The van der Waals surface area contributed by atoms with Crippen molar-refractivity contribution in [1.29, 1.82) is 5.26 Å². The molecule has 0 bridgehead atoms. The quantitative estimate of drug-likeness (QED) is 0.740. The van der Waals surface area contributed by atoms with E-state index in [1.165, 1.54) is 0 Å². The van der Waals surface area contributed by atoms with Crippen LogP contribution in [0.3, 0.4) is 0 Å². The van der Waals surface area contributed by atoms with E-state index in [0.29, 0.717) is 0 Å².